The predicted octanol–water partition coefficient (Wildman–Crippen LogP) is 4.05. The molecule has 5 rings (SSSR count). The van der Waals surface area contributed by atoms with Crippen molar-refractivity contribution in [2.24, 2.45) is 5.92 Å². The lowest BCUT2D eigenvalue weighted by Crippen LogP contribution is -2.34. The third kappa shape index (κ3) is 4.36. The molecule has 3 N–H and O–H groups in total. The second-order valence-corrected chi connectivity index (χ2v) is 8.36. The maximum atomic E-state index is 13.3. The summed E-state index contributed by atoms with van der Waals surface area (Å²) in [5, 5.41) is 8.21. The molecule has 9 heteroatoms. The molecule has 0 unspecified atom stereocenters. The van der Waals surface area contributed by atoms with Crippen LogP contribution in [0, 0.1) is 11.7 Å². The molecule has 3 atom stereocenters. The van der Waals surface area contributed by atoms with Crippen LogP contribution >= 0.6 is 0 Å². The highest BCUT2D eigenvalue weighted by Gasteiger charge is 2.60. The monoisotopic (exact) mass is 462 g/mol. The Morgan fingerprint density at radius 1 is 1.35 bits per heavy atom. The number of aromatic nitrogens is 1. The molecule has 2 fully saturated rings. The molecule has 1 saturated carbocycles. The summed E-state index contributed by atoms with van der Waals surface area (Å²) < 4.78 is 25.2. The van der Waals surface area contributed by atoms with E-state index in [0.29, 0.717) is 41.6 Å². The number of fused-ring (bicyclic) bond motifs is 2. The molecule has 34 heavy (non-hydrogen) atoms. The van der Waals surface area contributed by atoms with Gasteiger partial charge in [0.25, 0.3) is 0 Å². The molecule has 1 saturated heterocycles. The molecule has 3 heterocycles. The minimum atomic E-state index is -0.423. The van der Waals surface area contributed by atoms with Crippen LogP contribution in [0.1, 0.15) is 18.9 Å². The van der Waals surface area contributed by atoms with Crippen molar-refractivity contribution < 1.29 is 23.5 Å². The summed E-state index contributed by atoms with van der Waals surface area (Å²) >= 11 is 0. The van der Waals surface area contributed by atoms with Crippen molar-refractivity contribution in [3.05, 3.63) is 83.7 Å². The number of benzene rings is 1. The lowest BCUT2D eigenvalue weighted by Gasteiger charge is -2.18. The Morgan fingerprint density at radius 3 is 2.97 bits per heavy atom. The fourth-order valence-electron chi connectivity index (χ4n) is 4.19. The van der Waals surface area contributed by atoms with Crippen molar-refractivity contribution in [3.8, 4) is 5.75 Å². The Balaban J connectivity index is 1.17. The Hall–Kier alpha value is -4.14. The van der Waals surface area contributed by atoms with Crippen LogP contribution in [0.2, 0.25) is 0 Å². The van der Waals surface area contributed by atoms with Gasteiger partial charge in [0.1, 0.15) is 35.0 Å². The van der Waals surface area contributed by atoms with Crippen LogP contribution < -0.4 is 20.7 Å². The molecule has 0 radical (unpaired) electrons. The molecule has 3 aliphatic rings. The van der Waals surface area contributed by atoms with E-state index < -0.39 is 11.8 Å². The average molecular weight is 462 g/mol. The van der Waals surface area contributed by atoms with Crippen LogP contribution in [0.3, 0.4) is 0 Å². The topological polar surface area (TPSA) is 102 Å². The number of urea groups is 1. The van der Waals surface area contributed by atoms with Crippen LogP contribution in [0.4, 0.5) is 20.7 Å². The minimum Gasteiger partial charge on any atom is -0.487 e. The van der Waals surface area contributed by atoms with Crippen molar-refractivity contribution >= 4 is 23.4 Å². The number of nitrogens with one attached hydrogen (secondary N) is 3. The van der Waals surface area contributed by atoms with Crippen LogP contribution in [0.5, 0.6) is 5.75 Å². The zero-order valence-electron chi connectivity index (χ0n) is 18.4. The number of carbonyl (C=O) groups is 2. The Labute approximate surface area is 195 Å². The Bertz CT molecular complexity index is 1260. The van der Waals surface area contributed by atoms with Gasteiger partial charge in [0.15, 0.2) is 0 Å². The number of ether oxygens (including phenoxy) is 2. The van der Waals surface area contributed by atoms with Crippen molar-refractivity contribution in [2.75, 3.05) is 10.6 Å². The van der Waals surface area contributed by atoms with E-state index in [1.807, 2.05) is 6.92 Å². The molecule has 1 aliphatic carbocycles. The molecular weight excluding hydrogens is 439 g/mol. The zero-order valence-corrected chi connectivity index (χ0v) is 18.4. The fourth-order valence-corrected chi connectivity index (χ4v) is 4.19. The van der Waals surface area contributed by atoms with E-state index in [0.717, 1.165) is 11.1 Å². The van der Waals surface area contributed by atoms with E-state index in [-0.39, 0.29) is 24.0 Å². The SMILES string of the molecule is C=C1/C(=C\C=C(/C)Oc2ccnc3c2CCC(=O)N3)O[C@@H]2[C@@H](NC(=O)Nc3cccc(F)c3)[C@H]12. The van der Waals surface area contributed by atoms with Crippen molar-refractivity contribution in [1.29, 1.82) is 0 Å². The number of hydrogen-bond acceptors (Lipinski definition) is 5. The normalized spacial score (nSPS) is 24.0. The third-order valence-corrected chi connectivity index (χ3v) is 5.93. The van der Waals surface area contributed by atoms with Crippen LogP contribution in [-0.4, -0.2) is 29.1 Å². The quantitative estimate of drug-likeness (QED) is 0.582. The van der Waals surface area contributed by atoms with Crippen LogP contribution in [-0.2, 0) is 16.0 Å². The van der Waals surface area contributed by atoms with Crippen LogP contribution in [0.15, 0.2) is 72.4 Å². The summed E-state index contributed by atoms with van der Waals surface area (Å²) in [4.78, 5) is 28.0. The van der Waals surface area contributed by atoms with Gasteiger partial charge in [-0.25, -0.2) is 14.2 Å². The number of nitrogens with zero attached hydrogens (tertiary/aromatic N) is 1. The highest BCUT2D eigenvalue weighted by atomic mass is 19.1. The van der Waals surface area contributed by atoms with Gasteiger partial charge in [-0.2, -0.15) is 0 Å². The molecule has 8 nitrogen and oxygen atoms in total. The van der Waals surface area contributed by atoms with Gasteiger partial charge in [0, 0.05) is 23.9 Å². The van der Waals surface area contributed by atoms with Gasteiger partial charge < -0.3 is 25.4 Å². The summed E-state index contributed by atoms with van der Waals surface area (Å²) in [6, 6.07) is 6.86. The lowest BCUT2D eigenvalue weighted by atomic mass is 10.1. The molecule has 1 aromatic carbocycles. The Morgan fingerprint density at radius 2 is 2.21 bits per heavy atom. The van der Waals surface area contributed by atoms with Gasteiger partial charge in [-0.1, -0.05) is 12.6 Å². The molecule has 0 bridgehead atoms. The summed E-state index contributed by atoms with van der Waals surface area (Å²) in [7, 11) is 0. The maximum Gasteiger partial charge on any atom is 0.319 e. The van der Waals surface area contributed by atoms with E-state index in [1.165, 1.54) is 18.2 Å². The van der Waals surface area contributed by atoms with Gasteiger partial charge in [-0.05, 0) is 55.3 Å². The number of allylic oxidation sites excluding steroid dienone is 4. The number of hydrogen-bond donors (Lipinski definition) is 3. The second kappa shape index (κ2) is 8.66. The first-order valence-electron chi connectivity index (χ1n) is 10.9. The first-order valence-corrected chi connectivity index (χ1v) is 10.9. The summed E-state index contributed by atoms with van der Waals surface area (Å²) in [5.74, 6) is 1.99. The first kappa shape index (κ1) is 21.7. The number of amides is 3. The predicted molar refractivity (Wildman–Crippen MR) is 124 cm³/mol. The van der Waals surface area contributed by atoms with E-state index in [9.17, 15) is 14.0 Å². The highest BCUT2D eigenvalue weighted by Crippen LogP contribution is 2.50. The Kier molecular flexibility index (Phi) is 5.53. The number of anilines is 2. The molecule has 3 amide bonds. The molecule has 174 valence electrons. The van der Waals surface area contributed by atoms with Gasteiger partial charge in [0.05, 0.1) is 12.0 Å². The largest absolute Gasteiger partial charge is 0.487 e. The second-order valence-electron chi connectivity index (χ2n) is 8.36. The van der Waals surface area contributed by atoms with E-state index in [4.69, 9.17) is 9.47 Å². The average Bonchev–Trinajstić information content (AvgIpc) is 3.35. The van der Waals surface area contributed by atoms with E-state index in [1.54, 1.807) is 30.5 Å². The molecular formula is C25H23FN4O4. The number of halogens is 1. The van der Waals surface area contributed by atoms with Gasteiger partial charge in [0.2, 0.25) is 5.91 Å². The van der Waals surface area contributed by atoms with Crippen molar-refractivity contribution in [3.63, 3.8) is 0 Å². The van der Waals surface area contributed by atoms with E-state index >= 15 is 0 Å². The summed E-state index contributed by atoms with van der Waals surface area (Å²) in [5.41, 5.74) is 2.05. The zero-order chi connectivity index (χ0) is 23.8. The fraction of sp³-hybridized carbons (Fsp3) is 0.240. The molecule has 0 spiro atoms. The van der Waals surface area contributed by atoms with Gasteiger partial charge in [-0.3, -0.25) is 4.79 Å². The smallest absolute Gasteiger partial charge is 0.319 e. The summed E-state index contributed by atoms with van der Waals surface area (Å²) in [6.45, 7) is 5.93. The van der Waals surface area contributed by atoms with Crippen LogP contribution in [0.25, 0.3) is 0 Å². The lowest BCUT2D eigenvalue weighted by molar-refractivity contribution is -0.116. The molecule has 2 aliphatic heterocycles. The van der Waals surface area contributed by atoms with Crippen molar-refractivity contribution in [2.45, 2.75) is 31.9 Å². The third-order valence-electron chi connectivity index (χ3n) is 5.93. The first-order chi connectivity index (χ1) is 16.4. The van der Waals surface area contributed by atoms with Gasteiger partial charge in [-0.15, -0.1) is 0 Å². The number of pyridine rings is 1. The molecule has 2 aromatic rings. The number of carbonyl (C=O) groups excluding carboxylic acids is 2. The summed E-state index contributed by atoms with van der Waals surface area (Å²) in [6.07, 6.45) is 5.97. The number of rotatable bonds is 5. The molecule has 1 aromatic heterocycles. The standard InChI is InChI=1S/C25H23FN4O4/c1-13(33-19-10-11-27-24-17(19)7-9-20(31)29-24)6-8-18-14(2)21-22(23(21)34-18)30-25(32)28-16-5-3-4-15(26)12-16/h3-6,8,10-12,21-23H,2,7,9H2,1H3,(H,27,29,31)(H2,28,30,32)/b13-6+,18-8+/t21-,22-,23-/m0/s1. The van der Waals surface area contributed by atoms with Crippen molar-refractivity contribution in [1.82, 2.24) is 10.3 Å². The van der Waals surface area contributed by atoms with Gasteiger partial charge >= 0.3 is 6.03 Å². The highest BCUT2D eigenvalue weighted by molar-refractivity contribution is 5.93. The maximum absolute atomic E-state index is 13.3. The van der Waals surface area contributed by atoms with E-state index in [2.05, 4.69) is 27.5 Å². The minimum absolute atomic E-state index is 0.00466.